The lowest BCUT2D eigenvalue weighted by atomic mass is 9.84. The number of carbonyl (C=O) groups is 2. The van der Waals surface area contributed by atoms with E-state index in [1.807, 2.05) is 0 Å². The number of anilines is 1. The monoisotopic (exact) mass is 294 g/mol. The Morgan fingerprint density at radius 3 is 2.71 bits per heavy atom. The van der Waals surface area contributed by atoms with Crippen molar-refractivity contribution in [3.05, 3.63) is 29.6 Å². The summed E-state index contributed by atoms with van der Waals surface area (Å²) < 4.78 is 13.7. The maximum atomic E-state index is 13.7. The van der Waals surface area contributed by atoms with E-state index in [4.69, 9.17) is 5.11 Å². The SMILES string of the molecule is CC1(C)CCCN(C(=O)Nc2cc(C(=O)O)ccc2F)C1. The third-order valence-electron chi connectivity index (χ3n) is 3.64. The van der Waals surface area contributed by atoms with Gasteiger partial charge in [-0.1, -0.05) is 13.8 Å². The Hall–Kier alpha value is -2.11. The number of urea groups is 1. The Morgan fingerprint density at radius 1 is 1.38 bits per heavy atom. The summed E-state index contributed by atoms with van der Waals surface area (Å²) in [7, 11) is 0. The molecule has 1 aliphatic rings. The molecular weight excluding hydrogens is 275 g/mol. The smallest absolute Gasteiger partial charge is 0.335 e. The molecule has 114 valence electrons. The van der Waals surface area contributed by atoms with Crippen molar-refractivity contribution in [3.8, 4) is 0 Å². The molecule has 2 rings (SSSR count). The zero-order valence-corrected chi connectivity index (χ0v) is 12.1. The summed E-state index contributed by atoms with van der Waals surface area (Å²) in [5.41, 5.74) is -0.134. The third kappa shape index (κ3) is 3.71. The lowest BCUT2D eigenvalue weighted by molar-refractivity contribution is 0.0697. The molecular formula is C15H19FN2O3. The van der Waals surface area contributed by atoms with Gasteiger partial charge >= 0.3 is 12.0 Å². The van der Waals surface area contributed by atoms with Crippen molar-refractivity contribution < 1.29 is 19.1 Å². The number of benzene rings is 1. The fourth-order valence-electron chi connectivity index (χ4n) is 2.54. The fraction of sp³-hybridized carbons (Fsp3) is 0.467. The van der Waals surface area contributed by atoms with Crippen molar-refractivity contribution in [3.63, 3.8) is 0 Å². The second-order valence-electron chi connectivity index (χ2n) is 6.12. The Labute approximate surface area is 122 Å². The second-order valence-corrected chi connectivity index (χ2v) is 6.12. The van der Waals surface area contributed by atoms with Crippen molar-refractivity contribution in [1.29, 1.82) is 0 Å². The van der Waals surface area contributed by atoms with E-state index in [9.17, 15) is 14.0 Å². The van der Waals surface area contributed by atoms with Crippen molar-refractivity contribution in [1.82, 2.24) is 4.90 Å². The van der Waals surface area contributed by atoms with E-state index in [2.05, 4.69) is 19.2 Å². The van der Waals surface area contributed by atoms with Crippen molar-refractivity contribution in [2.24, 2.45) is 5.41 Å². The molecule has 1 heterocycles. The summed E-state index contributed by atoms with van der Waals surface area (Å²) >= 11 is 0. The van der Waals surface area contributed by atoms with Crippen LogP contribution in [0.1, 0.15) is 37.0 Å². The fourth-order valence-corrected chi connectivity index (χ4v) is 2.54. The molecule has 1 aliphatic heterocycles. The summed E-state index contributed by atoms with van der Waals surface area (Å²) in [5.74, 6) is -1.81. The van der Waals surface area contributed by atoms with E-state index in [1.165, 1.54) is 0 Å². The molecule has 21 heavy (non-hydrogen) atoms. The number of aromatic carboxylic acids is 1. The summed E-state index contributed by atoms with van der Waals surface area (Å²) in [6.45, 7) is 5.38. The van der Waals surface area contributed by atoms with Crippen LogP contribution in [0.15, 0.2) is 18.2 Å². The molecule has 2 N–H and O–H groups in total. The van der Waals surface area contributed by atoms with Crippen LogP contribution in [0.3, 0.4) is 0 Å². The molecule has 0 saturated carbocycles. The Bertz CT molecular complexity index is 572. The maximum Gasteiger partial charge on any atom is 0.335 e. The van der Waals surface area contributed by atoms with Crippen LogP contribution in [0.25, 0.3) is 0 Å². The van der Waals surface area contributed by atoms with E-state index in [0.29, 0.717) is 13.1 Å². The highest BCUT2D eigenvalue weighted by atomic mass is 19.1. The quantitative estimate of drug-likeness (QED) is 0.880. The molecule has 1 aromatic carbocycles. The van der Waals surface area contributed by atoms with Crippen molar-refractivity contribution in [2.45, 2.75) is 26.7 Å². The van der Waals surface area contributed by atoms with Gasteiger partial charge in [-0.05, 0) is 36.5 Å². The van der Waals surface area contributed by atoms with Crippen molar-refractivity contribution >= 4 is 17.7 Å². The standard InChI is InChI=1S/C15H19FN2O3/c1-15(2)6-3-7-18(9-15)14(21)17-12-8-10(13(19)20)4-5-11(12)16/h4-5,8H,3,6-7,9H2,1-2H3,(H,17,21)(H,19,20). The third-order valence-corrected chi connectivity index (χ3v) is 3.64. The summed E-state index contributed by atoms with van der Waals surface area (Å²) in [6, 6.07) is 2.94. The Balaban J connectivity index is 2.12. The molecule has 0 aliphatic carbocycles. The Kier molecular flexibility index (Phi) is 4.16. The first-order valence-electron chi connectivity index (χ1n) is 6.87. The molecule has 1 fully saturated rings. The summed E-state index contributed by atoms with van der Waals surface area (Å²) in [5, 5.41) is 11.4. The molecule has 0 aromatic heterocycles. The number of rotatable bonds is 2. The predicted octanol–water partition coefficient (Wildman–Crippen LogP) is 3.18. The minimum Gasteiger partial charge on any atom is -0.478 e. The van der Waals surface area contributed by atoms with Gasteiger partial charge in [0.1, 0.15) is 5.82 Å². The molecule has 0 bridgehead atoms. The number of carboxylic acid groups (broad SMARTS) is 1. The van der Waals surface area contributed by atoms with Crippen LogP contribution in [0.2, 0.25) is 0 Å². The highest BCUT2D eigenvalue weighted by molar-refractivity contribution is 5.93. The number of amides is 2. The zero-order chi connectivity index (χ0) is 15.6. The zero-order valence-electron chi connectivity index (χ0n) is 12.1. The predicted molar refractivity (Wildman–Crippen MR) is 77.0 cm³/mol. The van der Waals surface area contributed by atoms with Crippen LogP contribution in [-0.2, 0) is 0 Å². The van der Waals surface area contributed by atoms with Gasteiger partial charge in [0.15, 0.2) is 0 Å². The number of nitrogens with zero attached hydrogens (tertiary/aromatic N) is 1. The maximum absolute atomic E-state index is 13.7. The molecule has 0 spiro atoms. The molecule has 2 amide bonds. The number of piperidine rings is 1. The van der Waals surface area contributed by atoms with E-state index in [-0.39, 0.29) is 16.7 Å². The number of nitrogens with one attached hydrogen (secondary N) is 1. The number of carboxylic acids is 1. The van der Waals surface area contributed by atoms with Gasteiger partial charge in [0.25, 0.3) is 0 Å². The van der Waals surface area contributed by atoms with Crippen LogP contribution in [0, 0.1) is 11.2 Å². The van der Waals surface area contributed by atoms with Crippen molar-refractivity contribution in [2.75, 3.05) is 18.4 Å². The van der Waals surface area contributed by atoms with Gasteiger partial charge in [0.2, 0.25) is 0 Å². The van der Waals surface area contributed by atoms with Crippen LogP contribution >= 0.6 is 0 Å². The number of halogens is 1. The van der Waals surface area contributed by atoms with E-state index < -0.39 is 17.8 Å². The molecule has 0 unspecified atom stereocenters. The number of hydrogen-bond acceptors (Lipinski definition) is 2. The highest BCUT2D eigenvalue weighted by Gasteiger charge is 2.29. The topological polar surface area (TPSA) is 69.6 Å². The van der Waals surface area contributed by atoms with E-state index in [1.54, 1.807) is 4.90 Å². The normalized spacial score (nSPS) is 17.4. The van der Waals surface area contributed by atoms with Gasteiger partial charge in [0, 0.05) is 13.1 Å². The molecule has 1 aromatic rings. The van der Waals surface area contributed by atoms with Crippen LogP contribution in [-0.4, -0.2) is 35.1 Å². The number of likely N-dealkylation sites (tertiary alicyclic amines) is 1. The second kappa shape index (κ2) is 5.71. The number of carbonyl (C=O) groups excluding carboxylic acids is 1. The van der Waals surface area contributed by atoms with Crippen LogP contribution in [0.4, 0.5) is 14.9 Å². The largest absolute Gasteiger partial charge is 0.478 e. The minimum atomic E-state index is -1.16. The first kappa shape index (κ1) is 15.3. The molecule has 6 heteroatoms. The molecule has 0 radical (unpaired) electrons. The van der Waals surface area contributed by atoms with E-state index in [0.717, 1.165) is 31.0 Å². The molecule has 1 saturated heterocycles. The lowest BCUT2D eigenvalue weighted by Gasteiger charge is -2.37. The molecule has 5 nitrogen and oxygen atoms in total. The van der Waals surface area contributed by atoms with Crippen LogP contribution in [0.5, 0.6) is 0 Å². The van der Waals surface area contributed by atoms with Gasteiger partial charge in [0.05, 0.1) is 11.3 Å². The molecule has 0 atom stereocenters. The first-order valence-corrected chi connectivity index (χ1v) is 6.87. The first-order chi connectivity index (χ1) is 9.78. The minimum absolute atomic E-state index is 0.0387. The lowest BCUT2D eigenvalue weighted by Crippen LogP contribution is -2.45. The average Bonchev–Trinajstić information content (AvgIpc) is 2.39. The summed E-state index contributed by atoms with van der Waals surface area (Å²) in [6.07, 6.45) is 1.94. The van der Waals surface area contributed by atoms with Gasteiger partial charge in [-0.2, -0.15) is 0 Å². The van der Waals surface area contributed by atoms with E-state index >= 15 is 0 Å². The summed E-state index contributed by atoms with van der Waals surface area (Å²) in [4.78, 5) is 24.7. The van der Waals surface area contributed by atoms with Gasteiger partial charge in [-0.25, -0.2) is 14.0 Å². The van der Waals surface area contributed by atoms with Gasteiger partial charge in [-0.3, -0.25) is 0 Å². The van der Waals surface area contributed by atoms with Gasteiger partial charge < -0.3 is 15.3 Å². The Morgan fingerprint density at radius 2 is 2.10 bits per heavy atom. The average molecular weight is 294 g/mol. The van der Waals surface area contributed by atoms with Crippen LogP contribution < -0.4 is 5.32 Å². The highest BCUT2D eigenvalue weighted by Crippen LogP contribution is 2.29. The van der Waals surface area contributed by atoms with Gasteiger partial charge in [-0.15, -0.1) is 0 Å². The number of hydrogen-bond donors (Lipinski definition) is 2.